The zero-order valence-electron chi connectivity index (χ0n) is 9.57. The second-order valence-electron chi connectivity index (χ2n) is 4.14. The van der Waals surface area contributed by atoms with Crippen molar-refractivity contribution in [2.45, 2.75) is 6.92 Å². The number of H-pyrrole nitrogens is 1. The van der Waals surface area contributed by atoms with Crippen LogP contribution >= 0.6 is 0 Å². The molecule has 3 heteroatoms. The first-order valence-electron chi connectivity index (χ1n) is 5.55. The number of anilines is 1. The largest absolute Gasteiger partial charge is 0.397 e. The molecule has 0 fully saturated rings. The van der Waals surface area contributed by atoms with Crippen molar-refractivity contribution >= 4 is 16.6 Å². The van der Waals surface area contributed by atoms with E-state index >= 15 is 0 Å². The van der Waals surface area contributed by atoms with Gasteiger partial charge in [0.05, 0.1) is 11.4 Å². The van der Waals surface area contributed by atoms with Gasteiger partial charge in [0.2, 0.25) is 0 Å². The van der Waals surface area contributed by atoms with Crippen LogP contribution in [0, 0.1) is 6.92 Å². The van der Waals surface area contributed by atoms with Gasteiger partial charge in [0.15, 0.2) is 0 Å². The number of benzene rings is 1. The third-order valence-electron chi connectivity index (χ3n) is 3.05. The number of aromatic amines is 1. The van der Waals surface area contributed by atoms with Gasteiger partial charge in [0.1, 0.15) is 0 Å². The van der Waals surface area contributed by atoms with Crippen molar-refractivity contribution in [3.63, 3.8) is 0 Å². The molecule has 0 saturated heterocycles. The number of aryl methyl sites for hydroxylation is 1. The van der Waals surface area contributed by atoms with Gasteiger partial charge in [-0.2, -0.15) is 0 Å². The summed E-state index contributed by atoms with van der Waals surface area (Å²) in [7, 11) is 0. The summed E-state index contributed by atoms with van der Waals surface area (Å²) in [5, 5.41) is 1.15. The van der Waals surface area contributed by atoms with Gasteiger partial charge in [-0.1, -0.05) is 18.2 Å². The molecule has 0 atom stereocenters. The Balaban J connectivity index is 2.31. The lowest BCUT2D eigenvalue weighted by atomic mass is 10.1. The van der Waals surface area contributed by atoms with E-state index in [1.807, 2.05) is 37.4 Å². The van der Waals surface area contributed by atoms with Crippen LogP contribution in [0.1, 0.15) is 5.56 Å². The van der Waals surface area contributed by atoms with Crippen molar-refractivity contribution < 1.29 is 0 Å². The highest BCUT2D eigenvalue weighted by molar-refractivity contribution is 5.97. The maximum Gasteiger partial charge on any atom is 0.0955 e. The van der Waals surface area contributed by atoms with Crippen molar-refractivity contribution in [2.24, 2.45) is 0 Å². The smallest absolute Gasteiger partial charge is 0.0955 e. The van der Waals surface area contributed by atoms with E-state index in [-0.39, 0.29) is 0 Å². The molecular weight excluding hydrogens is 210 g/mol. The van der Waals surface area contributed by atoms with Gasteiger partial charge < -0.3 is 10.7 Å². The van der Waals surface area contributed by atoms with Crippen LogP contribution in [-0.2, 0) is 0 Å². The first-order chi connectivity index (χ1) is 8.27. The van der Waals surface area contributed by atoms with Gasteiger partial charge in [-0.25, -0.2) is 0 Å². The Hall–Kier alpha value is -2.29. The summed E-state index contributed by atoms with van der Waals surface area (Å²) in [5.74, 6) is 0. The third kappa shape index (κ3) is 1.47. The molecule has 2 aromatic heterocycles. The second-order valence-corrected chi connectivity index (χ2v) is 4.14. The van der Waals surface area contributed by atoms with Crippen molar-refractivity contribution in [1.29, 1.82) is 0 Å². The van der Waals surface area contributed by atoms with Crippen LogP contribution in [-0.4, -0.2) is 9.97 Å². The van der Waals surface area contributed by atoms with E-state index in [0.717, 1.165) is 33.4 Å². The number of hydrogen-bond donors (Lipinski definition) is 2. The number of para-hydroxylation sites is 1. The van der Waals surface area contributed by atoms with Crippen molar-refractivity contribution in [3.05, 3.63) is 48.3 Å². The van der Waals surface area contributed by atoms with Crippen LogP contribution in [0.4, 0.5) is 5.69 Å². The Kier molecular flexibility index (Phi) is 2.11. The molecule has 84 valence electrons. The highest BCUT2D eigenvalue weighted by Gasteiger charge is 2.10. The predicted molar refractivity (Wildman–Crippen MR) is 70.7 cm³/mol. The SMILES string of the molecule is Cc1ccnc(-c2c[nH]c3ccccc23)c1N. The quantitative estimate of drug-likeness (QED) is 0.666. The summed E-state index contributed by atoms with van der Waals surface area (Å²) < 4.78 is 0. The van der Waals surface area contributed by atoms with E-state index < -0.39 is 0 Å². The monoisotopic (exact) mass is 223 g/mol. The Morgan fingerprint density at radius 3 is 2.88 bits per heavy atom. The van der Waals surface area contributed by atoms with E-state index in [0.29, 0.717) is 0 Å². The molecule has 1 aromatic carbocycles. The number of nitrogens with zero attached hydrogens (tertiary/aromatic N) is 1. The molecule has 17 heavy (non-hydrogen) atoms. The fourth-order valence-electron chi connectivity index (χ4n) is 2.05. The maximum atomic E-state index is 6.09. The number of hydrogen-bond acceptors (Lipinski definition) is 2. The number of aromatic nitrogens is 2. The molecule has 3 N–H and O–H groups in total. The predicted octanol–water partition coefficient (Wildman–Crippen LogP) is 3.12. The number of nitrogen functional groups attached to an aromatic ring is 1. The van der Waals surface area contributed by atoms with Crippen LogP contribution < -0.4 is 5.73 Å². The van der Waals surface area contributed by atoms with Crippen LogP contribution in [0.3, 0.4) is 0 Å². The van der Waals surface area contributed by atoms with Crippen molar-refractivity contribution in [1.82, 2.24) is 9.97 Å². The highest BCUT2D eigenvalue weighted by atomic mass is 14.8. The van der Waals surface area contributed by atoms with Gasteiger partial charge in [0, 0.05) is 28.9 Å². The third-order valence-corrected chi connectivity index (χ3v) is 3.05. The molecule has 0 spiro atoms. The number of nitrogens with two attached hydrogens (primary N) is 1. The van der Waals surface area contributed by atoms with Crippen molar-refractivity contribution in [2.75, 3.05) is 5.73 Å². The molecule has 0 unspecified atom stereocenters. The molecule has 0 aliphatic heterocycles. The molecule has 0 bridgehead atoms. The van der Waals surface area contributed by atoms with Crippen LogP contribution in [0.2, 0.25) is 0 Å². The average Bonchev–Trinajstić information content (AvgIpc) is 2.77. The molecule has 0 aliphatic carbocycles. The summed E-state index contributed by atoms with van der Waals surface area (Å²) in [6, 6.07) is 10.1. The summed E-state index contributed by atoms with van der Waals surface area (Å²) in [4.78, 5) is 7.62. The Labute approximate surface area is 99.3 Å². The molecule has 3 aromatic rings. The van der Waals surface area contributed by atoms with Gasteiger partial charge in [-0.15, -0.1) is 0 Å². The molecule has 3 rings (SSSR count). The van der Waals surface area contributed by atoms with Crippen molar-refractivity contribution in [3.8, 4) is 11.3 Å². The molecule has 0 aliphatic rings. The maximum absolute atomic E-state index is 6.09. The molecular formula is C14H13N3. The Morgan fingerprint density at radius 2 is 2.00 bits per heavy atom. The van der Waals surface area contributed by atoms with Crippen LogP contribution in [0.5, 0.6) is 0 Å². The number of fused-ring (bicyclic) bond motifs is 1. The van der Waals surface area contributed by atoms with Crippen LogP contribution in [0.15, 0.2) is 42.7 Å². The minimum atomic E-state index is 0.747. The molecule has 3 nitrogen and oxygen atoms in total. The molecule has 0 saturated carbocycles. The summed E-state index contributed by atoms with van der Waals surface area (Å²) in [6.45, 7) is 2.00. The fourth-order valence-corrected chi connectivity index (χ4v) is 2.05. The number of nitrogens with one attached hydrogen (secondary N) is 1. The molecule has 2 heterocycles. The lowest BCUT2D eigenvalue weighted by molar-refractivity contribution is 1.29. The number of rotatable bonds is 1. The first-order valence-corrected chi connectivity index (χ1v) is 5.55. The van der Waals surface area contributed by atoms with Gasteiger partial charge in [-0.3, -0.25) is 4.98 Å². The lowest BCUT2D eigenvalue weighted by Crippen LogP contribution is -1.95. The zero-order valence-corrected chi connectivity index (χ0v) is 9.57. The van der Waals surface area contributed by atoms with Gasteiger partial charge in [0.25, 0.3) is 0 Å². The Bertz CT molecular complexity index is 683. The normalized spacial score (nSPS) is 10.9. The number of pyridine rings is 1. The topological polar surface area (TPSA) is 54.7 Å². The van der Waals surface area contributed by atoms with E-state index in [1.54, 1.807) is 6.20 Å². The Morgan fingerprint density at radius 1 is 1.18 bits per heavy atom. The standard InChI is InChI=1S/C14H13N3/c1-9-6-7-16-14(13(9)15)11-8-17-12-5-3-2-4-10(11)12/h2-8,17H,15H2,1H3. The molecule has 0 amide bonds. The zero-order chi connectivity index (χ0) is 11.8. The van der Waals surface area contributed by atoms with E-state index in [1.165, 1.54) is 0 Å². The summed E-state index contributed by atoms with van der Waals surface area (Å²) in [5.41, 5.74) is 10.9. The van der Waals surface area contributed by atoms with Gasteiger partial charge >= 0.3 is 0 Å². The van der Waals surface area contributed by atoms with E-state index in [9.17, 15) is 0 Å². The van der Waals surface area contributed by atoms with Gasteiger partial charge in [-0.05, 0) is 24.6 Å². The summed E-state index contributed by atoms with van der Waals surface area (Å²) >= 11 is 0. The minimum absolute atomic E-state index is 0.747. The summed E-state index contributed by atoms with van der Waals surface area (Å²) in [6.07, 6.45) is 3.76. The minimum Gasteiger partial charge on any atom is -0.397 e. The first kappa shape index (κ1) is 9.90. The highest BCUT2D eigenvalue weighted by Crippen LogP contribution is 2.31. The average molecular weight is 223 g/mol. The fraction of sp³-hybridized carbons (Fsp3) is 0.0714. The van der Waals surface area contributed by atoms with E-state index in [4.69, 9.17) is 5.73 Å². The second kappa shape index (κ2) is 3.63. The van der Waals surface area contributed by atoms with E-state index in [2.05, 4.69) is 16.0 Å². The lowest BCUT2D eigenvalue weighted by Gasteiger charge is -2.05. The van der Waals surface area contributed by atoms with Crippen LogP contribution in [0.25, 0.3) is 22.2 Å². The molecule has 0 radical (unpaired) electrons.